The summed E-state index contributed by atoms with van der Waals surface area (Å²) in [5.41, 5.74) is 2.79. The van der Waals surface area contributed by atoms with Crippen molar-refractivity contribution in [3.63, 3.8) is 0 Å². The molecule has 22 heavy (non-hydrogen) atoms. The highest BCUT2D eigenvalue weighted by Crippen LogP contribution is 2.35. The van der Waals surface area contributed by atoms with Crippen LogP contribution in [0.5, 0.6) is 5.75 Å². The second-order valence-electron chi connectivity index (χ2n) is 6.32. The zero-order valence-corrected chi connectivity index (χ0v) is 14.7. The molecule has 3 nitrogen and oxygen atoms in total. The lowest BCUT2D eigenvalue weighted by Gasteiger charge is -2.47. The van der Waals surface area contributed by atoms with Gasteiger partial charge in [-0.3, -0.25) is 4.90 Å². The fourth-order valence-electron chi connectivity index (χ4n) is 3.93. The van der Waals surface area contributed by atoms with Crippen LogP contribution in [0.2, 0.25) is 0 Å². The Bertz CT molecular complexity index is 508. The third kappa shape index (κ3) is 3.15. The summed E-state index contributed by atoms with van der Waals surface area (Å²) in [5, 5.41) is 0. The normalized spacial score (nSPS) is 28.0. The van der Waals surface area contributed by atoms with Gasteiger partial charge in [0.05, 0.1) is 19.3 Å². The average molecular weight is 321 g/mol. The topological polar surface area (TPSA) is 21.7 Å². The first-order valence-corrected chi connectivity index (χ1v) is 9.69. The van der Waals surface area contributed by atoms with E-state index >= 15 is 0 Å². The minimum atomic E-state index is 0.307. The zero-order chi connectivity index (χ0) is 15.5. The Morgan fingerprint density at radius 1 is 1.36 bits per heavy atom. The van der Waals surface area contributed by atoms with Gasteiger partial charge in [-0.05, 0) is 42.8 Å². The van der Waals surface area contributed by atoms with Crippen LogP contribution in [0.15, 0.2) is 18.2 Å². The van der Waals surface area contributed by atoms with Gasteiger partial charge in [0.2, 0.25) is 0 Å². The summed E-state index contributed by atoms with van der Waals surface area (Å²) in [6.07, 6.45) is 6.11. The first-order chi connectivity index (χ1) is 10.8. The van der Waals surface area contributed by atoms with Crippen LogP contribution < -0.4 is 4.74 Å². The highest BCUT2D eigenvalue weighted by molar-refractivity contribution is 7.98. The molecule has 0 bridgehead atoms. The van der Waals surface area contributed by atoms with Crippen LogP contribution >= 0.6 is 11.8 Å². The van der Waals surface area contributed by atoms with Crippen LogP contribution in [-0.4, -0.2) is 55.4 Å². The molecular weight excluding hydrogens is 294 g/mol. The number of benzene rings is 1. The first kappa shape index (κ1) is 16.2. The van der Waals surface area contributed by atoms with E-state index in [9.17, 15) is 0 Å². The monoisotopic (exact) mass is 321 g/mol. The van der Waals surface area contributed by atoms with Crippen molar-refractivity contribution >= 4 is 11.8 Å². The van der Waals surface area contributed by atoms with E-state index < -0.39 is 0 Å². The van der Waals surface area contributed by atoms with Gasteiger partial charge < -0.3 is 9.47 Å². The summed E-state index contributed by atoms with van der Waals surface area (Å²) in [6, 6.07) is 6.97. The Morgan fingerprint density at radius 3 is 2.95 bits per heavy atom. The molecule has 3 rings (SSSR count). The number of rotatable bonds is 5. The number of hydrogen-bond acceptors (Lipinski definition) is 4. The van der Waals surface area contributed by atoms with Gasteiger partial charge in [0.1, 0.15) is 5.75 Å². The molecule has 4 heteroatoms. The van der Waals surface area contributed by atoms with Crippen LogP contribution in [0, 0.1) is 0 Å². The van der Waals surface area contributed by atoms with E-state index in [2.05, 4.69) is 36.3 Å². The Morgan fingerprint density at radius 2 is 2.23 bits per heavy atom. The fraction of sp³-hybridized carbons (Fsp3) is 0.667. The second kappa shape index (κ2) is 7.24. The van der Waals surface area contributed by atoms with Crippen molar-refractivity contribution in [1.82, 2.24) is 4.90 Å². The molecule has 0 saturated carbocycles. The van der Waals surface area contributed by atoms with E-state index in [1.807, 2.05) is 11.8 Å². The minimum Gasteiger partial charge on any atom is -0.496 e. The minimum absolute atomic E-state index is 0.307. The fourth-order valence-corrected chi connectivity index (χ4v) is 4.49. The highest BCUT2D eigenvalue weighted by atomic mass is 32.2. The number of hydrogen-bond donors (Lipinski definition) is 0. The molecule has 122 valence electrons. The van der Waals surface area contributed by atoms with Crippen molar-refractivity contribution in [3.8, 4) is 5.75 Å². The summed E-state index contributed by atoms with van der Waals surface area (Å²) in [7, 11) is 1.77. The zero-order valence-electron chi connectivity index (χ0n) is 13.9. The molecule has 0 aromatic heterocycles. The molecule has 1 heterocycles. The molecule has 1 aliphatic carbocycles. The van der Waals surface area contributed by atoms with Crippen LogP contribution in [0.25, 0.3) is 0 Å². The number of thioether (sulfide) groups is 1. The van der Waals surface area contributed by atoms with E-state index in [4.69, 9.17) is 9.47 Å². The number of morpholine rings is 1. The summed E-state index contributed by atoms with van der Waals surface area (Å²) < 4.78 is 12.0. The molecule has 1 aromatic carbocycles. The molecule has 2 aliphatic rings. The van der Waals surface area contributed by atoms with E-state index in [1.165, 1.54) is 24.1 Å². The largest absolute Gasteiger partial charge is 0.496 e. The Labute approximate surface area is 138 Å². The van der Waals surface area contributed by atoms with Gasteiger partial charge in [-0.1, -0.05) is 19.1 Å². The SMILES string of the molecule is CCCN1C[C@H](CSC)O[C@@H]2Cc3c(cccc3OC)C[C@H]21. The van der Waals surface area contributed by atoms with Gasteiger partial charge in [-0.15, -0.1) is 0 Å². The van der Waals surface area contributed by atoms with Crippen LogP contribution in [0.3, 0.4) is 0 Å². The van der Waals surface area contributed by atoms with Crippen molar-refractivity contribution in [3.05, 3.63) is 29.3 Å². The van der Waals surface area contributed by atoms with Crippen molar-refractivity contribution < 1.29 is 9.47 Å². The summed E-state index contributed by atoms with van der Waals surface area (Å²) in [6.45, 7) is 4.53. The molecular formula is C18H27NO2S. The third-order valence-electron chi connectivity index (χ3n) is 4.85. The Balaban J connectivity index is 1.85. The van der Waals surface area contributed by atoms with Gasteiger partial charge in [0.15, 0.2) is 0 Å². The van der Waals surface area contributed by atoms with Crippen molar-refractivity contribution in [2.24, 2.45) is 0 Å². The molecule has 0 amide bonds. The molecule has 1 aromatic rings. The maximum atomic E-state index is 6.45. The van der Waals surface area contributed by atoms with Crippen LogP contribution in [-0.2, 0) is 17.6 Å². The molecule has 1 saturated heterocycles. The van der Waals surface area contributed by atoms with Crippen molar-refractivity contribution in [2.75, 3.05) is 32.2 Å². The van der Waals surface area contributed by atoms with Crippen LogP contribution in [0.4, 0.5) is 0 Å². The second-order valence-corrected chi connectivity index (χ2v) is 7.23. The van der Waals surface area contributed by atoms with E-state index in [0.717, 1.165) is 30.9 Å². The van der Waals surface area contributed by atoms with Crippen molar-refractivity contribution in [1.29, 1.82) is 0 Å². The molecule has 0 unspecified atom stereocenters. The van der Waals surface area contributed by atoms with Gasteiger partial charge in [0, 0.05) is 24.8 Å². The smallest absolute Gasteiger partial charge is 0.122 e. The van der Waals surface area contributed by atoms with Crippen LogP contribution in [0.1, 0.15) is 24.5 Å². The van der Waals surface area contributed by atoms with E-state index in [1.54, 1.807) is 7.11 Å². The Hall–Kier alpha value is -0.710. The molecule has 3 atom stereocenters. The quantitative estimate of drug-likeness (QED) is 0.831. The number of fused-ring (bicyclic) bond motifs is 2. The van der Waals surface area contributed by atoms with E-state index in [0.29, 0.717) is 18.2 Å². The average Bonchev–Trinajstić information content (AvgIpc) is 2.53. The molecule has 0 radical (unpaired) electrons. The standard InChI is InChI=1S/C18H27NO2S/c1-4-8-19-11-14(12-22-3)21-18-10-15-13(9-16(18)19)6-5-7-17(15)20-2/h5-7,14,16,18H,4,8-12H2,1-3H3/t14-,16-,18-/m1/s1. The maximum absolute atomic E-state index is 6.45. The highest BCUT2D eigenvalue weighted by Gasteiger charge is 2.40. The lowest BCUT2D eigenvalue weighted by Crippen LogP contribution is -2.58. The predicted molar refractivity (Wildman–Crippen MR) is 93.1 cm³/mol. The van der Waals surface area contributed by atoms with Gasteiger partial charge >= 0.3 is 0 Å². The molecule has 1 aliphatic heterocycles. The molecule has 0 N–H and O–H groups in total. The first-order valence-electron chi connectivity index (χ1n) is 8.30. The number of ether oxygens (including phenoxy) is 2. The number of nitrogens with zero attached hydrogens (tertiary/aromatic N) is 1. The molecule has 1 fully saturated rings. The molecule has 0 spiro atoms. The van der Waals surface area contributed by atoms with Gasteiger partial charge in [0.25, 0.3) is 0 Å². The van der Waals surface area contributed by atoms with Gasteiger partial charge in [-0.2, -0.15) is 11.8 Å². The maximum Gasteiger partial charge on any atom is 0.122 e. The number of methoxy groups -OCH3 is 1. The Kier molecular flexibility index (Phi) is 5.32. The lowest BCUT2D eigenvalue weighted by atomic mass is 9.83. The van der Waals surface area contributed by atoms with Crippen molar-refractivity contribution in [2.45, 2.75) is 44.4 Å². The summed E-state index contributed by atoms with van der Waals surface area (Å²) in [5.74, 6) is 2.11. The lowest BCUT2D eigenvalue weighted by molar-refractivity contribution is -0.113. The predicted octanol–water partition coefficient (Wildman–Crippen LogP) is 3.00. The summed E-state index contributed by atoms with van der Waals surface area (Å²) in [4.78, 5) is 2.66. The third-order valence-corrected chi connectivity index (χ3v) is 5.56. The van der Waals surface area contributed by atoms with Gasteiger partial charge in [-0.25, -0.2) is 0 Å². The summed E-state index contributed by atoms with van der Waals surface area (Å²) >= 11 is 1.88. The van der Waals surface area contributed by atoms with E-state index in [-0.39, 0.29) is 0 Å².